The van der Waals surface area contributed by atoms with E-state index in [0.29, 0.717) is 12.4 Å². The lowest BCUT2D eigenvalue weighted by Crippen LogP contribution is -2.01. The molecular weight excluding hydrogens is 244 g/mol. The Bertz CT molecular complexity index is 573. The van der Waals surface area contributed by atoms with Crippen LogP contribution in [0.2, 0.25) is 0 Å². The molecule has 2 N–H and O–H groups in total. The number of aliphatic carboxylic acids is 1. The minimum Gasteiger partial charge on any atom is -0.494 e. The predicted octanol–water partition coefficient (Wildman–Crippen LogP) is 2.41. The summed E-state index contributed by atoms with van der Waals surface area (Å²) in [4.78, 5) is 18.0. The predicted molar refractivity (Wildman–Crippen MR) is 71.3 cm³/mol. The van der Waals surface area contributed by atoms with Crippen LogP contribution in [0.1, 0.15) is 18.4 Å². The van der Waals surface area contributed by atoms with E-state index in [1.807, 2.05) is 38.1 Å². The van der Waals surface area contributed by atoms with Crippen molar-refractivity contribution in [2.24, 2.45) is 0 Å². The van der Waals surface area contributed by atoms with Crippen molar-refractivity contribution in [3.05, 3.63) is 35.8 Å². The molecule has 0 aliphatic rings. The lowest BCUT2D eigenvalue weighted by atomic mass is 10.1. The molecule has 0 aliphatic carbocycles. The summed E-state index contributed by atoms with van der Waals surface area (Å²) in [6, 6.07) is 7.59. The molecule has 0 bridgehead atoms. The van der Waals surface area contributed by atoms with Gasteiger partial charge in [-0.25, -0.2) is 4.98 Å². The third kappa shape index (κ3) is 3.13. The van der Waals surface area contributed by atoms with Crippen LogP contribution in [-0.2, 0) is 11.2 Å². The molecule has 5 heteroatoms. The van der Waals surface area contributed by atoms with Crippen LogP contribution in [0.3, 0.4) is 0 Å². The van der Waals surface area contributed by atoms with Gasteiger partial charge >= 0.3 is 5.97 Å². The molecule has 0 unspecified atom stereocenters. The summed E-state index contributed by atoms with van der Waals surface area (Å²) in [6.07, 6.45) is -0.0993. The maximum absolute atomic E-state index is 10.7. The molecule has 5 nitrogen and oxygen atoms in total. The van der Waals surface area contributed by atoms with E-state index in [2.05, 4.69) is 9.97 Å². The van der Waals surface area contributed by atoms with E-state index < -0.39 is 5.97 Å². The average molecular weight is 260 g/mol. The number of carboxylic acids is 1. The fraction of sp³-hybridized carbons (Fsp3) is 0.286. The van der Waals surface area contributed by atoms with E-state index in [1.165, 1.54) is 0 Å². The van der Waals surface area contributed by atoms with Crippen LogP contribution in [0.15, 0.2) is 24.3 Å². The minimum atomic E-state index is -0.896. The highest BCUT2D eigenvalue weighted by Gasteiger charge is 2.11. The topological polar surface area (TPSA) is 75.2 Å². The number of imidazole rings is 1. The second kappa shape index (κ2) is 5.56. The monoisotopic (exact) mass is 260 g/mol. The zero-order valence-electron chi connectivity index (χ0n) is 10.9. The van der Waals surface area contributed by atoms with Crippen molar-refractivity contribution in [3.63, 3.8) is 0 Å². The first kappa shape index (κ1) is 13.1. The molecule has 0 amide bonds. The fourth-order valence-electron chi connectivity index (χ4n) is 1.91. The first-order valence-electron chi connectivity index (χ1n) is 6.10. The first-order valence-corrected chi connectivity index (χ1v) is 6.10. The molecule has 0 radical (unpaired) electrons. The molecule has 1 aromatic heterocycles. The van der Waals surface area contributed by atoms with E-state index in [-0.39, 0.29) is 6.42 Å². The molecule has 0 atom stereocenters. The van der Waals surface area contributed by atoms with Gasteiger partial charge in [0.05, 0.1) is 12.3 Å². The third-order valence-electron chi connectivity index (χ3n) is 2.69. The minimum absolute atomic E-state index is 0.0993. The van der Waals surface area contributed by atoms with Crippen LogP contribution in [0.5, 0.6) is 5.75 Å². The summed E-state index contributed by atoms with van der Waals surface area (Å²) in [5.74, 6) is 0.381. The first-order chi connectivity index (χ1) is 9.10. The van der Waals surface area contributed by atoms with Gasteiger partial charge in [0.25, 0.3) is 0 Å². The molecule has 0 fully saturated rings. The number of carboxylic acid groups (broad SMARTS) is 1. The molecule has 2 aromatic rings. The highest BCUT2D eigenvalue weighted by Crippen LogP contribution is 2.23. The average Bonchev–Trinajstić information content (AvgIpc) is 2.71. The number of aromatic amines is 1. The number of hydrogen-bond acceptors (Lipinski definition) is 3. The number of carbonyl (C=O) groups is 1. The van der Waals surface area contributed by atoms with Crippen LogP contribution in [0.25, 0.3) is 11.3 Å². The Morgan fingerprint density at radius 1 is 1.37 bits per heavy atom. The number of ether oxygens (including phenoxy) is 1. The van der Waals surface area contributed by atoms with Crippen molar-refractivity contribution in [3.8, 4) is 17.0 Å². The van der Waals surface area contributed by atoms with Crippen LogP contribution >= 0.6 is 0 Å². The smallest absolute Gasteiger partial charge is 0.311 e. The Hall–Kier alpha value is -2.30. The number of benzene rings is 1. The SMILES string of the molecule is CCOc1ccc(-c2nc(CC(=O)O)[nH]c2C)cc1. The molecule has 0 aliphatic heterocycles. The molecule has 1 heterocycles. The number of aryl methyl sites for hydroxylation is 1. The second-order valence-electron chi connectivity index (χ2n) is 4.19. The Morgan fingerprint density at radius 3 is 2.63 bits per heavy atom. The molecule has 0 saturated heterocycles. The second-order valence-corrected chi connectivity index (χ2v) is 4.19. The van der Waals surface area contributed by atoms with Crippen molar-refractivity contribution in [2.75, 3.05) is 6.61 Å². The molecule has 2 rings (SSSR count). The highest BCUT2D eigenvalue weighted by atomic mass is 16.5. The largest absolute Gasteiger partial charge is 0.494 e. The summed E-state index contributed by atoms with van der Waals surface area (Å²) in [7, 11) is 0. The van der Waals surface area contributed by atoms with Gasteiger partial charge in [-0.15, -0.1) is 0 Å². The van der Waals surface area contributed by atoms with Gasteiger partial charge in [-0.3, -0.25) is 4.79 Å². The lowest BCUT2D eigenvalue weighted by molar-refractivity contribution is -0.136. The van der Waals surface area contributed by atoms with Crippen LogP contribution < -0.4 is 4.74 Å². The third-order valence-corrected chi connectivity index (χ3v) is 2.69. The van der Waals surface area contributed by atoms with E-state index in [4.69, 9.17) is 9.84 Å². The van der Waals surface area contributed by atoms with Crippen molar-refractivity contribution < 1.29 is 14.6 Å². The highest BCUT2D eigenvalue weighted by molar-refractivity contribution is 5.70. The van der Waals surface area contributed by atoms with Crippen molar-refractivity contribution in [1.82, 2.24) is 9.97 Å². The number of aromatic nitrogens is 2. The Balaban J connectivity index is 2.25. The standard InChI is InChI=1S/C14H16N2O3/c1-3-19-11-6-4-10(5-7-11)14-9(2)15-12(16-14)8-13(17)18/h4-7H,3,8H2,1-2H3,(H,15,16)(H,17,18). The van der Waals surface area contributed by atoms with Gasteiger partial charge < -0.3 is 14.8 Å². The van der Waals surface area contributed by atoms with Gasteiger partial charge in [0.15, 0.2) is 0 Å². The number of nitrogens with one attached hydrogen (secondary N) is 1. The fourth-order valence-corrected chi connectivity index (χ4v) is 1.91. The van der Waals surface area contributed by atoms with E-state index in [9.17, 15) is 4.79 Å². The molecule has 0 saturated carbocycles. The summed E-state index contributed by atoms with van der Waals surface area (Å²) >= 11 is 0. The van der Waals surface area contributed by atoms with E-state index in [1.54, 1.807) is 0 Å². The Kier molecular flexibility index (Phi) is 3.85. The maximum atomic E-state index is 10.7. The number of H-pyrrole nitrogens is 1. The zero-order chi connectivity index (χ0) is 13.8. The number of nitrogens with zero attached hydrogens (tertiary/aromatic N) is 1. The van der Waals surface area contributed by atoms with Crippen LogP contribution in [0, 0.1) is 6.92 Å². The maximum Gasteiger partial charge on any atom is 0.311 e. The summed E-state index contributed by atoms with van der Waals surface area (Å²) in [5, 5.41) is 8.76. The van der Waals surface area contributed by atoms with Gasteiger partial charge in [-0.1, -0.05) is 0 Å². The Labute approximate surface area is 111 Å². The van der Waals surface area contributed by atoms with Gasteiger partial charge in [-0.2, -0.15) is 0 Å². The van der Waals surface area contributed by atoms with E-state index in [0.717, 1.165) is 22.7 Å². The molecule has 19 heavy (non-hydrogen) atoms. The number of hydrogen-bond donors (Lipinski definition) is 2. The summed E-state index contributed by atoms with van der Waals surface area (Å²) < 4.78 is 5.38. The lowest BCUT2D eigenvalue weighted by Gasteiger charge is -2.03. The molecule has 1 aromatic carbocycles. The van der Waals surface area contributed by atoms with Crippen molar-refractivity contribution in [2.45, 2.75) is 20.3 Å². The molecular formula is C14H16N2O3. The Morgan fingerprint density at radius 2 is 2.05 bits per heavy atom. The molecule has 0 spiro atoms. The quantitative estimate of drug-likeness (QED) is 0.865. The van der Waals surface area contributed by atoms with Crippen molar-refractivity contribution in [1.29, 1.82) is 0 Å². The van der Waals surface area contributed by atoms with Gasteiger partial charge in [0, 0.05) is 11.3 Å². The number of rotatable bonds is 5. The van der Waals surface area contributed by atoms with Crippen LogP contribution in [-0.4, -0.2) is 27.7 Å². The van der Waals surface area contributed by atoms with Crippen molar-refractivity contribution >= 4 is 5.97 Å². The van der Waals surface area contributed by atoms with E-state index >= 15 is 0 Å². The zero-order valence-corrected chi connectivity index (χ0v) is 10.9. The summed E-state index contributed by atoms with van der Waals surface area (Å²) in [6.45, 7) is 4.44. The normalized spacial score (nSPS) is 10.4. The van der Waals surface area contributed by atoms with Gasteiger partial charge in [-0.05, 0) is 38.1 Å². The van der Waals surface area contributed by atoms with Gasteiger partial charge in [0.1, 0.15) is 18.0 Å². The molecule has 100 valence electrons. The summed E-state index contributed by atoms with van der Waals surface area (Å²) in [5.41, 5.74) is 2.58. The van der Waals surface area contributed by atoms with Crippen LogP contribution in [0.4, 0.5) is 0 Å². The van der Waals surface area contributed by atoms with Gasteiger partial charge in [0.2, 0.25) is 0 Å².